The van der Waals surface area contributed by atoms with E-state index in [2.05, 4.69) is 0 Å². The molecule has 0 spiro atoms. The molecule has 0 aromatic carbocycles. The third-order valence-electron chi connectivity index (χ3n) is 2.27. The van der Waals surface area contributed by atoms with Gasteiger partial charge in [-0.2, -0.15) is 0 Å². The predicted molar refractivity (Wildman–Crippen MR) is 48.9 cm³/mol. The van der Waals surface area contributed by atoms with Gasteiger partial charge >= 0.3 is 0 Å². The molecule has 1 aromatic heterocycles. The van der Waals surface area contributed by atoms with Crippen molar-refractivity contribution in [1.82, 2.24) is 4.90 Å². The van der Waals surface area contributed by atoms with E-state index < -0.39 is 0 Å². The van der Waals surface area contributed by atoms with Crippen molar-refractivity contribution in [3.05, 3.63) is 23.7 Å². The molecule has 5 nitrogen and oxygen atoms in total. The number of amides is 2. The first kappa shape index (κ1) is 9.64. The summed E-state index contributed by atoms with van der Waals surface area (Å²) in [5.74, 6) is 0.262. The molecule has 0 unspecified atom stereocenters. The van der Waals surface area contributed by atoms with Gasteiger partial charge < -0.3 is 4.42 Å². The van der Waals surface area contributed by atoms with Gasteiger partial charge in [-0.05, 0) is 12.1 Å². The number of carbonyl (C=O) groups excluding carboxylic acids is 3. The van der Waals surface area contributed by atoms with Crippen molar-refractivity contribution in [1.29, 1.82) is 0 Å². The maximum absolute atomic E-state index is 11.3. The number of rotatable bonds is 3. The van der Waals surface area contributed by atoms with Crippen LogP contribution in [0.25, 0.3) is 0 Å². The van der Waals surface area contributed by atoms with Crippen molar-refractivity contribution in [3.63, 3.8) is 0 Å². The quantitative estimate of drug-likeness (QED) is 0.541. The van der Waals surface area contributed by atoms with Crippen LogP contribution in [0.1, 0.15) is 29.2 Å². The predicted octanol–water partition coefficient (Wildman–Crippen LogP) is 0.741. The van der Waals surface area contributed by atoms with Crippen molar-refractivity contribution >= 4 is 18.1 Å². The van der Waals surface area contributed by atoms with E-state index in [0.29, 0.717) is 12.0 Å². The number of hydrogen-bond donors (Lipinski definition) is 0. The van der Waals surface area contributed by atoms with Crippen LogP contribution in [0.2, 0.25) is 0 Å². The molecule has 5 heteroatoms. The molecule has 0 radical (unpaired) electrons. The Kier molecular flexibility index (Phi) is 2.37. The Hall–Kier alpha value is -1.91. The Morgan fingerprint density at radius 2 is 1.93 bits per heavy atom. The average Bonchev–Trinajstić information content (AvgIpc) is 2.80. The minimum atomic E-state index is -0.191. The van der Waals surface area contributed by atoms with Crippen LogP contribution in [-0.2, 0) is 16.1 Å². The molecule has 2 amide bonds. The fourth-order valence-corrected chi connectivity index (χ4v) is 1.50. The number of carbonyl (C=O) groups is 3. The average molecular weight is 207 g/mol. The van der Waals surface area contributed by atoms with Gasteiger partial charge in [0, 0.05) is 12.8 Å². The lowest BCUT2D eigenvalue weighted by molar-refractivity contribution is -0.139. The fourth-order valence-electron chi connectivity index (χ4n) is 1.50. The molecule has 1 aliphatic heterocycles. The van der Waals surface area contributed by atoms with E-state index in [1.165, 1.54) is 6.07 Å². The molecule has 2 rings (SSSR count). The summed E-state index contributed by atoms with van der Waals surface area (Å²) in [6.45, 7) is 0.117. The van der Waals surface area contributed by atoms with Crippen molar-refractivity contribution in [2.45, 2.75) is 19.4 Å². The molecule has 1 aromatic rings. The number of aldehydes is 1. The molecule has 0 bridgehead atoms. The molecular formula is C10H9NO4. The summed E-state index contributed by atoms with van der Waals surface area (Å²) in [6, 6.07) is 3.09. The number of hydrogen-bond acceptors (Lipinski definition) is 4. The normalized spacial score (nSPS) is 16.1. The van der Waals surface area contributed by atoms with Gasteiger partial charge in [0.25, 0.3) is 0 Å². The highest BCUT2D eigenvalue weighted by molar-refractivity contribution is 6.01. The first-order chi connectivity index (χ1) is 7.20. The zero-order valence-corrected chi connectivity index (χ0v) is 7.93. The largest absolute Gasteiger partial charge is 0.456 e. The Morgan fingerprint density at radius 1 is 1.27 bits per heavy atom. The van der Waals surface area contributed by atoms with Gasteiger partial charge in [0.2, 0.25) is 11.8 Å². The van der Waals surface area contributed by atoms with Crippen LogP contribution in [0.4, 0.5) is 0 Å². The van der Waals surface area contributed by atoms with Crippen LogP contribution >= 0.6 is 0 Å². The number of furan rings is 1. The van der Waals surface area contributed by atoms with Crippen molar-refractivity contribution < 1.29 is 18.8 Å². The highest BCUT2D eigenvalue weighted by Gasteiger charge is 2.29. The zero-order valence-electron chi connectivity index (χ0n) is 7.93. The van der Waals surface area contributed by atoms with E-state index in [-0.39, 0.29) is 37.0 Å². The van der Waals surface area contributed by atoms with Crippen LogP contribution in [0, 0.1) is 0 Å². The van der Waals surface area contributed by atoms with E-state index in [1.54, 1.807) is 6.07 Å². The highest BCUT2D eigenvalue weighted by Crippen LogP contribution is 2.16. The van der Waals surface area contributed by atoms with Crippen LogP contribution in [0.15, 0.2) is 16.5 Å². The van der Waals surface area contributed by atoms with E-state index in [0.717, 1.165) is 4.90 Å². The van der Waals surface area contributed by atoms with Gasteiger partial charge in [0.15, 0.2) is 12.0 Å². The Labute approximate surface area is 85.7 Å². The van der Waals surface area contributed by atoms with Crippen molar-refractivity contribution in [2.24, 2.45) is 0 Å². The van der Waals surface area contributed by atoms with Gasteiger partial charge in [-0.25, -0.2) is 0 Å². The first-order valence-corrected chi connectivity index (χ1v) is 4.58. The second-order valence-electron chi connectivity index (χ2n) is 3.30. The maximum Gasteiger partial charge on any atom is 0.230 e. The first-order valence-electron chi connectivity index (χ1n) is 4.58. The Balaban J connectivity index is 2.11. The maximum atomic E-state index is 11.3. The SMILES string of the molecule is O=Cc1ccc(CN2C(=O)CCC2=O)o1. The van der Waals surface area contributed by atoms with Gasteiger partial charge in [-0.15, -0.1) is 0 Å². The van der Waals surface area contributed by atoms with E-state index in [9.17, 15) is 14.4 Å². The fraction of sp³-hybridized carbons (Fsp3) is 0.300. The van der Waals surface area contributed by atoms with Crippen LogP contribution in [0.3, 0.4) is 0 Å². The van der Waals surface area contributed by atoms with Gasteiger partial charge in [-0.3, -0.25) is 19.3 Å². The second kappa shape index (κ2) is 3.68. The van der Waals surface area contributed by atoms with Gasteiger partial charge in [-0.1, -0.05) is 0 Å². The van der Waals surface area contributed by atoms with Crippen LogP contribution in [0.5, 0.6) is 0 Å². The Morgan fingerprint density at radius 3 is 2.47 bits per heavy atom. The molecule has 78 valence electrons. The molecule has 15 heavy (non-hydrogen) atoms. The molecule has 0 aliphatic carbocycles. The molecule has 1 saturated heterocycles. The summed E-state index contributed by atoms with van der Waals surface area (Å²) >= 11 is 0. The number of likely N-dealkylation sites (tertiary alicyclic amines) is 1. The molecule has 1 aliphatic rings. The third kappa shape index (κ3) is 1.81. The summed E-state index contributed by atoms with van der Waals surface area (Å²) in [5, 5.41) is 0. The van der Waals surface area contributed by atoms with Crippen molar-refractivity contribution in [3.8, 4) is 0 Å². The molecule has 1 fully saturated rings. The standard InChI is InChI=1S/C10H9NO4/c12-6-8-2-1-7(15-8)5-11-9(13)3-4-10(11)14/h1-2,6H,3-5H2. The summed E-state index contributed by atoms with van der Waals surface area (Å²) in [5.41, 5.74) is 0. The van der Waals surface area contributed by atoms with E-state index >= 15 is 0 Å². The second-order valence-corrected chi connectivity index (χ2v) is 3.30. The summed E-state index contributed by atoms with van der Waals surface area (Å²) in [7, 11) is 0. The monoisotopic (exact) mass is 207 g/mol. The third-order valence-corrected chi connectivity index (χ3v) is 2.27. The van der Waals surface area contributed by atoms with Gasteiger partial charge in [0.1, 0.15) is 5.76 Å². The molecule has 0 saturated carbocycles. The van der Waals surface area contributed by atoms with E-state index in [1.807, 2.05) is 0 Å². The Bertz CT molecular complexity index is 405. The number of imide groups is 1. The highest BCUT2D eigenvalue weighted by atomic mass is 16.3. The van der Waals surface area contributed by atoms with Crippen LogP contribution < -0.4 is 0 Å². The van der Waals surface area contributed by atoms with Crippen molar-refractivity contribution in [2.75, 3.05) is 0 Å². The number of nitrogens with zero attached hydrogens (tertiary/aromatic N) is 1. The van der Waals surface area contributed by atoms with E-state index in [4.69, 9.17) is 4.42 Å². The molecule has 2 heterocycles. The molecule has 0 N–H and O–H groups in total. The van der Waals surface area contributed by atoms with Gasteiger partial charge in [0.05, 0.1) is 6.54 Å². The molecule has 0 atom stereocenters. The smallest absolute Gasteiger partial charge is 0.230 e. The lowest BCUT2D eigenvalue weighted by Gasteiger charge is -2.10. The summed E-state index contributed by atoms with van der Waals surface area (Å²) < 4.78 is 5.08. The zero-order chi connectivity index (χ0) is 10.8. The lowest BCUT2D eigenvalue weighted by atomic mass is 10.4. The molecular weight excluding hydrogens is 198 g/mol. The lowest BCUT2D eigenvalue weighted by Crippen LogP contribution is -2.28. The summed E-state index contributed by atoms with van der Waals surface area (Å²) in [6.07, 6.45) is 1.11. The minimum absolute atomic E-state index is 0.117. The minimum Gasteiger partial charge on any atom is -0.456 e. The summed E-state index contributed by atoms with van der Waals surface area (Å²) in [4.78, 5) is 34.0. The topological polar surface area (TPSA) is 67.6 Å². The van der Waals surface area contributed by atoms with Crippen LogP contribution in [-0.4, -0.2) is 23.0 Å².